The molecule has 3 heterocycles. The number of rotatable bonds is 7. The highest BCUT2D eigenvalue weighted by atomic mass is 19.4. The van der Waals surface area contributed by atoms with Crippen LogP contribution in [-0.2, 0) is 11.0 Å². The van der Waals surface area contributed by atoms with Crippen LogP contribution in [0.5, 0.6) is 0 Å². The van der Waals surface area contributed by atoms with Gasteiger partial charge in [0.1, 0.15) is 17.8 Å². The second kappa shape index (κ2) is 10.2. The standard InChI is InChI=1S/C24H23F3N6O/c1-15(2)23(17-7-8-30-20(9-17)24(25,26)27)16(3)33(4)13-22(34)32-21-6-5-18(12-31-21)19-10-28-14-29-11-19/h5-12,14H,1,13H2,2-4H3,(H,31,32,34)/b23-16+. The molecule has 0 aliphatic rings. The normalized spacial score (nSPS) is 12.1. The fraction of sp³-hybridized carbons (Fsp3) is 0.208. The number of halogens is 3. The number of aromatic nitrogens is 4. The molecule has 0 bridgehead atoms. The molecule has 0 aromatic carbocycles. The summed E-state index contributed by atoms with van der Waals surface area (Å²) < 4.78 is 39.3. The van der Waals surface area contributed by atoms with Gasteiger partial charge < -0.3 is 10.2 Å². The van der Waals surface area contributed by atoms with Crippen LogP contribution >= 0.6 is 0 Å². The van der Waals surface area contributed by atoms with Crippen LogP contribution in [0.3, 0.4) is 0 Å². The summed E-state index contributed by atoms with van der Waals surface area (Å²) in [7, 11) is 1.68. The van der Waals surface area contributed by atoms with E-state index in [1.165, 1.54) is 12.4 Å². The third kappa shape index (κ3) is 6.03. The largest absolute Gasteiger partial charge is 0.433 e. The van der Waals surface area contributed by atoms with E-state index in [1.807, 2.05) is 0 Å². The van der Waals surface area contributed by atoms with Crippen LogP contribution < -0.4 is 5.32 Å². The Balaban J connectivity index is 1.74. The lowest BCUT2D eigenvalue weighted by Crippen LogP contribution is -2.30. The molecule has 1 N–H and O–H groups in total. The van der Waals surface area contributed by atoms with Gasteiger partial charge in [0.25, 0.3) is 0 Å². The number of carbonyl (C=O) groups excluding carboxylic acids is 1. The smallest absolute Gasteiger partial charge is 0.368 e. The molecule has 176 valence electrons. The van der Waals surface area contributed by atoms with Crippen molar-refractivity contribution >= 4 is 17.3 Å². The fourth-order valence-electron chi connectivity index (χ4n) is 3.30. The van der Waals surface area contributed by atoms with Gasteiger partial charge in [0.05, 0.1) is 6.54 Å². The van der Waals surface area contributed by atoms with Crippen LogP contribution in [0.1, 0.15) is 25.1 Å². The summed E-state index contributed by atoms with van der Waals surface area (Å²) >= 11 is 0. The molecule has 0 aliphatic heterocycles. The van der Waals surface area contributed by atoms with Gasteiger partial charge in [0.15, 0.2) is 0 Å². The van der Waals surface area contributed by atoms with E-state index in [-0.39, 0.29) is 12.5 Å². The summed E-state index contributed by atoms with van der Waals surface area (Å²) in [5.74, 6) is 0.0293. The summed E-state index contributed by atoms with van der Waals surface area (Å²) in [6, 6.07) is 5.92. The Labute approximate surface area is 195 Å². The van der Waals surface area contributed by atoms with E-state index in [0.717, 1.165) is 23.4 Å². The van der Waals surface area contributed by atoms with Crippen LogP contribution in [0.4, 0.5) is 19.0 Å². The molecule has 0 saturated carbocycles. The van der Waals surface area contributed by atoms with E-state index in [2.05, 4.69) is 31.8 Å². The van der Waals surface area contributed by atoms with Crippen molar-refractivity contribution in [2.45, 2.75) is 20.0 Å². The van der Waals surface area contributed by atoms with Gasteiger partial charge in [-0.2, -0.15) is 13.2 Å². The number of hydrogen-bond donors (Lipinski definition) is 1. The van der Waals surface area contributed by atoms with Gasteiger partial charge in [0.2, 0.25) is 5.91 Å². The van der Waals surface area contributed by atoms with Gasteiger partial charge in [-0.1, -0.05) is 6.58 Å². The average molecular weight is 468 g/mol. The highest BCUT2D eigenvalue weighted by Crippen LogP contribution is 2.32. The Morgan fingerprint density at radius 1 is 1.06 bits per heavy atom. The van der Waals surface area contributed by atoms with Crippen molar-refractivity contribution in [3.63, 3.8) is 0 Å². The minimum atomic E-state index is -4.56. The van der Waals surface area contributed by atoms with Crippen LogP contribution in [0.2, 0.25) is 0 Å². The summed E-state index contributed by atoms with van der Waals surface area (Å²) in [5, 5.41) is 2.72. The molecule has 0 saturated heterocycles. The first-order valence-corrected chi connectivity index (χ1v) is 10.2. The monoisotopic (exact) mass is 468 g/mol. The lowest BCUT2D eigenvalue weighted by molar-refractivity contribution is -0.141. The van der Waals surface area contributed by atoms with Crippen molar-refractivity contribution in [3.05, 3.63) is 84.5 Å². The summed E-state index contributed by atoms with van der Waals surface area (Å²) in [5.41, 5.74) is 2.59. The van der Waals surface area contributed by atoms with Gasteiger partial charge in [-0.15, -0.1) is 0 Å². The van der Waals surface area contributed by atoms with Gasteiger partial charge in [-0.05, 0) is 49.2 Å². The Morgan fingerprint density at radius 2 is 1.76 bits per heavy atom. The number of hydrogen-bond acceptors (Lipinski definition) is 6. The van der Waals surface area contributed by atoms with Crippen LogP contribution in [0.25, 0.3) is 16.7 Å². The van der Waals surface area contributed by atoms with Crippen molar-refractivity contribution in [3.8, 4) is 11.1 Å². The number of nitrogens with zero attached hydrogens (tertiary/aromatic N) is 5. The SMILES string of the molecule is C=C(C)/C(=C(/C)N(C)CC(=O)Nc1ccc(-c2cncnc2)cn1)c1ccnc(C(F)(F)F)c1. The first kappa shape index (κ1) is 24.6. The second-order valence-electron chi connectivity index (χ2n) is 7.63. The van der Waals surface area contributed by atoms with E-state index in [1.54, 1.807) is 56.5 Å². The third-order valence-corrected chi connectivity index (χ3v) is 5.01. The van der Waals surface area contributed by atoms with Crippen molar-refractivity contribution in [1.29, 1.82) is 0 Å². The van der Waals surface area contributed by atoms with Gasteiger partial charge in [-0.3, -0.25) is 9.78 Å². The molecule has 7 nitrogen and oxygen atoms in total. The number of pyridine rings is 2. The Morgan fingerprint density at radius 3 is 2.35 bits per heavy atom. The average Bonchev–Trinajstić information content (AvgIpc) is 2.79. The highest BCUT2D eigenvalue weighted by molar-refractivity contribution is 5.92. The predicted octanol–water partition coefficient (Wildman–Crippen LogP) is 4.83. The number of likely N-dealkylation sites (N-methyl/N-ethyl adjacent to an activating group) is 1. The quantitative estimate of drug-likeness (QED) is 0.500. The van der Waals surface area contributed by atoms with Gasteiger partial charge in [0, 0.05) is 54.2 Å². The maximum absolute atomic E-state index is 13.1. The fourth-order valence-corrected chi connectivity index (χ4v) is 3.30. The van der Waals surface area contributed by atoms with Gasteiger partial charge >= 0.3 is 6.18 Å². The number of alkyl halides is 3. The molecule has 0 radical (unpaired) electrons. The second-order valence-corrected chi connectivity index (χ2v) is 7.63. The number of carbonyl (C=O) groups is 1. The maximum Gasteiger partial charge on any atom is 0.433 e. The number of allylic oxidation sites excluding steroid dienone is 3. The highest BCUT2D eigenvalue weighted by Gasteiger charge is 2.32. The molecule has 3 rings (SSSR count). The van der Waals surface area contributed by atoms with E-state index < -0.39 is 11.9 Å². The van der Waals surface area contributed by atoms with E-state index in [4.69, 9.17) is 0 Å². The zero-order valence-corrected chi connectivity index (χ0v) is 18.9. The third-order valence-electron chi connectivity index (χ3n) is 5.01. The lowest BCUT2D eigenvalue weighted by atomic mass is 9.97. The maximum atomic E-state index is 13.1. The molecular formula is C24H23F3N6O. The summed E-state index contributed by atoms with van der Waals surface area (Å²) in [4.78, 5) is 29.8. The van der Waals surface area contributed by atoms with E-state index in [9.17, 15) is 18.0 Å². The minimum Gasteiger partial charge on any atom is -0.368 e. The molecule has 0 atom stereocenters. The van der Waals surface area contributed by atoms with Gasteiger partial charge in [-0.25, -0.2) is 15.0 Å². The Bertz CT molecular complexity index is 1210. The molecule has 0 aliphatic carbocycles. The molecule has 0 unspecified atom stereocenters. The first-order chi connectivity index (χ1) is 16.1. The molecule has 34 heavy (non-hydrogen) atoms. The van der Waals surface area contributed by atoms with Crippen LogP contribution in [0.15, 0.2) is 73.2 Å². The van der Waals surface area contributed by atoms with Crippen LogP contribution in [0, 0.1) is 0 Å². The molecule has 1 amide bonds. The Kier molecular flexibility index (Phi) is 7.40. The number of nitrogens with one attached hydrogen (secondary N) is 1. The van der Waals surface area contributed by atoms with Crippen molar-refractivity contribution in [2.75, 3.05) is 18.9 Å². The molecular weight excluding hydrogens is 445 g/mol. The molecule has 3 aromatic rings. The van der Waals surface area contributed by atoms with E-state index in [0.29, 0.717) is 28.2 Å². The predicted molar refractivity (Wildman–Crippen MR) is 123 cm³/mol. The molecule has 3 aromatic heterocycles. The van der Waals surface area contributed by atoms with Crippen molar-refractivity contribution < 1.29 is 18.0 Å². The molecule has 0 fully saturated rings. The van der Waals surface area contributed by atoms with E-state index >= 15 is 0 Å². The summed E-state index contributed by atoms with van der Waals surface area (Å²) in [6.45, 7) is 7.28. The molecule has 10 heteroatoms. The van der Waals surface area contributed by atoms with Crippen molar-refractivity contribution in [2.24, 2.45) is 0 Å². The van der Waals surface area contributed by atoms with Crippen LogP contribution in [-0.4, -0.2) is 44.3 Å². The first-order valence-electron chi connectivity index (χ1n) is 10.2. The topological polar surface area (TPSA) is 83.9 Å². The zero-order valence-electron chi connectivity index (χ0n) is 18.9. The summed E-state index contributed by atoms with van der Waals surface area (Å²) in [6.07, 6.45) is 2.90. The lowest BCUT2D eigenvalue weighted by Gasteiger charge is -2.24. The van der Waals surface area contributed by atoms with Crippen molar-refractivity contribution in [1.82, 2.24) is 24.8 Å². The molecule has 0 spiro atoms. The number of amides is 1. The minimum absolute atomic E-state index is 0.0459. The Hall–Kier alpha value is -4.08. The zero-order chi connectivity index (χ0) is 24.9. The number of anilines is 1.